The molecule has 29 heavy (non-hydrogen) atoms. The second kappa shape index (κ2) is 9.94. The second-order valence-corrected chi connectivity index (χ2v) is 7.15. The molecule has 1 aromatic heterocycles. The van der Waals surface area contributed by atoms with E-state index in [0.717, 1.165) is 17.4 Å². The number of carbonyl (C=O) groups is 2. The number of nitrogens with one attached hydrogen (secondary N) is 1. The van der Waals surface area contributed by atoms with Gasteiger partial charge in [-0.25, -0.2) is 0 Å². The highest BCUT2D eigenvalue weighted by Crippen LogP contribution is 2.23. The van der Waals surface area contributed by atoms with Crippen molar-refractivity contribution in [2.24, 2.45) is 0 Å². The molecule has 0 aliphatic heterocycles. The Kier molecular flexibility index (Phi) is 7.09. The van der Waals surface area contributed by atoms with Crippen LogP contribution in [0.5, 0.6) is 5.75 Å². The van der Waals surface area contributed by atoms with Crippen LogP contribution >= 0.6 is 23.4 Å². The Morgan fingerprint density at radius 1 is 1.10 bits per heavy atom. The van der Waals surface area contributed by atoms with Gasteiger partial charge in [0.1, 0.15) is 18.9 Å². The number of carboxylic acids is 1. The number of benzene rings is 2. The van der Waals surface area contributed by atoms with Crippen LogP contribution in [-0.2, 0) is 16.2 Å². The molecule has 1 heterocycles. The minimum absolute atomic E-state index is 0.0102. The molecule has 0 saturated heterocycles. The van der Waals surface area contributed by atoms with Gasteiger partial charge in [0.05, 0.1) is 5.75 Å². The number of hydrogen-bond acceptors (Lipinski definition) is 6. The van der Waals surface area contributed by atoms with Crippen LogP contribution in [0.4, 0.5) is 0 Å². The van der Waals surface area contributed by atoms with Crippen LogP contribution in [0.2, 0.25) is 5.02 Å². The monoisotopic (exact) mass is 432 g/mol. The minimum atomic E-state index is -1.10. The molecule has 8 nitrogen and oxygen atoms in total. The van der Waals surface area contributed by atoms with E-state index >= 15 is 0 Å². The molecule has 0 bridgehead atoms. The lowest BCUT2D eigenvalue weighted by atomic mass is 10.3. The lowest BCUT2D eigenvalue weighted by Gasteiger charge is -2.11. The van der Waals surface area contributed by atoms with Crippen LogP contribution in [0.15, 0.2) is 59.8 Å². The van der Waals surface area contributed by atoms with Crippen molar-refractivity contribution < 1.29 is 19.4 Å². The Hall–Kier alpha value is -3.04. The van der Waals surface area contributed by atoms with Crippen molar-refractivity contribution in [1.82, 2.24) is 20.1 Å². The van der Waals surface area contributed by atoms with Crippen LogP contribution in [0, 0.1) is 0 Å². The van der Waals surface area contributed by atoms with Crippen molar-refractivity contribution in [2.75, 3.05) is 12.3 Å². The summed E-state index contributed by atoms with van der Waals surface area (Å²) in [6, 6.07) is 16.4. The van der Waals surface area contributed by atoms with Gasteiger partial charge >= 0.3 is 5.97 Å². The van der Waals surface area contributed by atoms with Gasteiger partial charge in [0.15, 0.2) is 11.0 Å². The van der Waals surface area contributed by atoms with Crippen LogP contribution < -0.4 is 10.1 Å². The molecule has 0 radical (unpaired) electrons. The van der Waals surface area contributed by atoms with E-state index in [2.05, 4.69) is 15.5 Å². The first-order valence-electron chi connectivity index (χ1n) is 8.52. The number of carbonyl (C=O) groups excluding carboxylic acids is 1. The Balaban J connectivity index is 1.75. The highest BCUT2D eigenvalue weighted by Gasteiger charge is 2.16. The highest BCUT2D eigenvalue weighted by molar-refractivity contribution is 7.99. The van der Waals surface area contributed by atoms with Gasteiger partial charge in [-0.2, -0.15) is 0 Å². The van der Waals surface area contributed by atoms with Gasteiger partial charge in [-0.3, -0.25) is 14.2 Å². The zero-order chi connectivity index (χ0) is 20.6. The number of thioether (sulfide) groups is 1. The molecule has 150 valence electrons. The normalized spacial score (nSPS) is 10.5. The number of rotatable bonds is 9. The number of ether oxygens (including phenoxy) is 1. The van der Waals surface area contributed by atoms with Gasteiger partial charge in [-0.15, -0.1) is 10.2 Å². The fourth-order valence-corrected chi connectivity index (χ4v) is 3.28. The van der Waals surface area contributed by atoms with Gasteiger partial charge in [0.2, 0.25) is 5.91 Å². The molecule has 0 aliphatic carbocycles. The smallest absolute Gasteiger partial charge is 0.322 e. The molecule has 0 unspecified atom stereocenters. The average Bonchev–Trinajstić information content (AvgIpc) is 3.13. The molecule has 1 amide bonds. The van der Waals surface area contributed by atoms with Crippen LogP contribution in [0.3, 0.4) is 0 Å². The van der Waals surface area contributed by atoms with Crippen LogP contribution in [-0.4, -0.2) is 44.0 Å². The van der Waals surface area contributed by atoms with Crippen molar-refractivity contribution in [1.29, 1.82) is 0 Å². The van der Waals surface area contributed by atoms with E-state index in [1.54, 1.807) is 28.8 Å². The lowest BCUT2D eigenvalue weighted by Crippen LogP contribution is -2.30. The maximum atomic E-state index is 11.8. The molecule has 2 N–H and O–H groups in total. The Morgan fingerprint density at radius 2 is 1.83 bits per heavy atom. The summed E-state index contributed by atoms with van der Waals surface area (Å²) in [4.78, 5) is 22.4. The summed E-state index contributed by atoms with van der Waals surface area (Å²) in [5.41, 5.74) is 0.820. The minimum Gasteiger partial charge on any atom is -0.486 e. The summed E-state index contributed by atoms with van der Waals surface area (Å²) < 4.78 is 7.57. The SMILES string of the molecule is O=C(O)CNC(=O)CSc1nnc(COc2ccc(Cl)cc2)n1-c1ccccc1. The molecule has 0 fully saturated rings. The van der Waals surface area contributed by atoms with Gasteiger partial charge in [0.25, 0.3) is 0 Å². The molecule has 0 aliphatic rings. The van der Waals surface area contributed by atoms with E-state index < -0.39 is 18.4 Å². The maximum absolute atomic E-state index is 11.8. The zero-order valence-corrected chi connectivity index (χ0v) is 16.7. The third kappa shape index (κ3) is 5.97. The largest absolute Gasteiger partial charge is 0.486 e. The summed E-state index contributed by atoms with van der Waals surface area (Å²) in [6.45, 7) is -0.264. The molecule has 3 aromatic rings. The second-order valence-electron chi connectivity index (χ2n) is 5.77. The number of halogens is 1. The van der Waals surface area contributed by atoms with Crippen molar-refractivity contribution in [3.63, 3.8) is 0 Å². The molecule has 10 heteroatoms. The number of aliphatic carboxylic acids is 1. The standard InChI is InChI=1S/C19H17ClN4O4S/c20-13-6-8-15(9-7-13)28-11-16-22-23-19(24(16)14-4-2-1-3-5-14)29-12-17(25)21-10-18(26)27/h1-9H,10-12H2,(H,21,25)(H,26,27). The van der Waals surface area contributed by atoms with Crippen LogP contribution in [0.1, 0.15) is 5.82 Å². The maximum Gasteiger partial charge on any atom is 0.322 e. The molecule has 0 atom stereocenters. The first kappa shape index (κ1) is 20.7. The summed E-state index contributed by atoms with van der Waals surface area (Å²) in [7, 11) is 0. The van der Waals surface area contributed by atoms with E-state index in [4.69, 9.17) is 21.4 Å². The number of hydrogen-bond donors (Lipinski definition) is 2. The molecule has 0 spiro atoms. The number of carboxylic acid groups (broad SMARTS) is 1. The Bertz CT molecular complexity index is 980. The van der Waals surface area contributed by atoms with E-state index in [9.17, 15) is 9.59 Å². The summed E-state index contributed by atoms with van der Waals surface area (Å²) in [5, 5.41) is 20.4. The van der Waals surface area contributed by atoms with Crippen LogP contribution in [0.25, 0.3) is 5.69 Å². The van der Waals surface area contributed by atoms with E-state index in [1.165, 1.54) is 0 Å². The van der Waals surface area contributed by atoms with Crippen molar-refractivity contribution in [3.05, 3.63) is 65.4 Å². The average molecular weight is 433 g/mol. The van der Waals surface area contributed by atoms with Crippen molar-refractivity contribution in [3.8, 4) is 11.4 Å². The zero-order valence-electron chi connectivity index (χ0n) is 15.1. The van der Waals surface area contributed by atoms with Crippen molar-refractivity contribution >= 4 is 35.2 Å². The fraction of sp³-hybridized carbons (Fsp3) is 0.158. The third-order valence-corrected chi connectivity index (χ3v) is 4.85. The number of nitrogens with zero attached hydrogens (tertiary/aromatic N) is 3. The van der Waals surface area contributed by atoms with Gasteiger partial charge < -0.3 is 15.2 Å². The van der Waals surface area contributed by atoms with Crippen molar-refractivity contribution in [2.45, 2.75) is 11.8 Å². The quantitative estimate of drug-likeness (QED) is 0.500. The number of aromatic nitrogens is 3. The molecule has 3 rings (SSSR count). The van der Waals surface area contributed by atoms with E-state index in [1.807, 2.05) is 30.3 Å². The fourth-order valence-electron chi connectivity index (χ4n) is 2.36. The summed E-state index contributed by atoms with van der Waals surface area (Å²) >= 11 is 7.04. The Labute approximate surface area is 175 Å². The van der Waals surface area contributed by atoms with E-state index in [-0.39, 0.29) is 12.4 Å². The third-order valence-electron chi connectivity index (χ3n) is 3.67. The first-order chi connectivity index (χ1) is 14.0. The van der Waals surface area contributed by atoms with Gasteiger partial charge in [-0.1, -0.05) is 41.6 Å². The number of para-hydroxylation sites is 1. The topological polar surface area (TPSA) is 106 Å². The summed E-state index contributed by atoms with van der Waals surface area (Å²) in [6.07, 6.45) is 0. The van der Waals surface area contributed by atoms with Gasteiger partial charge in [-0.05, 0) is 36.4 Å². The molecular weight excluding hydrogens is 416 g/mol. The summed E-state index contributed by atoms with van der Waals surface area (Å²) in [5.74, 6) is -0.300. The van der Waals surface area contributed by atoms with Gasteiger partial charge in [0, 0.05) is 10.7 Å². The molecular formula is C19H17ClN4O4S. The molecule has 2 aromatic carbocycles. The number of amides is 1. The first-order valence-corrected chi connectivity index (χ1v) is 9.88. The molecule has 0 saturated carbocycles. The highest BCUT2D eigenvalue weighted by atomic mass is 35.5. The lowest BCUT2D eigenvalue weighted by molar-refractivity contribution is -0.137. The predicted octanol–water partition coefficient (Wildman–Crippen LogP) is 2.79. The Morgan fingerprint density at radius 3 is 2.52 bits per heavy atom. The van der Waals surface area contributed by atoms with E-state index in [0.29, 0.717) is 21.8 Å². The predicted molar refractivity (Wildman–Crippen MR) is 109 cm³/mol.